The lowest BCUT2D eigenvalue weighted by molar-refractivity contribution is 0.467. The Kier molecular flexibility index (Phi) is 3.31. The van der Waals surface area contributed by atoms with E-state index in [1.165, 1.54) is 12.4 Å². The molecule has 1 aromatic carbocycles. The Morgan fingerprint density at radius 3 is 2.83 bits per heavy atom. The van der Waals surface area contributed by atoms with E-state index in [9.17, 15) is 5.11 Å². The highest BCUT2D eigenvalue weighted by molar-refractivity contribution is 6.33. The maximum Gasteiger partial charge on any atom is 0.180 e. The van der Waals surface area contributed by atoms with Crippen LogP contribution >= 0.6 is 11.6 Å². The average molecular weight is 261 g/mol. The predicted molar refractivity (Wildman–Crippen MR) is 67.9 cm³/mol. The first-order valence-corrected chi connectivity index (χ1v) is 5.47. The van der Waals surface area contributed by atoms with Crippen LogP contribution in [0.4, 0.5) is 11.5 Å². The molecule has 2 aromatic rings. The van der Waals surface area contributed by atoms with Gasteiger partial charge in [0.05, 0.1) is 28.0 Å². The second-order valence-electron chi connectivity index (χ2n) is 3.59. The summed E-state index contributed by atoms with van der Waals surface area (Å²) >= 11 is 6.01. The van der Waals surface area contributed by atoms with E-state index in [0.717, 1.165) is 0 Å². The number of hydrogen-bond donors (Lipinski definition) is 2. The molecular formula is C12H9ClN4O. The Balaban J connectivity index is 2.35. The smallest absolute Gasteiger partial charge is 0.180 e. The quantitative estimate of drug-likeness (QED) is 0.868. The van der Waals surface area contributed by atoms with E-state index >= 15 is 0 Å². The summed E-state index contributed by atoms with van der Waals surface area (Å²) in [7, 11) is 0. The Hall–Kier alpha value is -2.32. The molecular weight excluding hydrogens is 252 g/mol. The molecule has 6 heteroatoms. The van der Waals surface area contributed by atoms with E-state index < -0.39 is 0 Å². The maximum absolute atomic E-state index is 9.77. The number of aromatic hydroxyl groups is 1. The summed E-state index contributed by atoms with van der Waals surface area (Å²) in [5.41, 5.74) is 1.50. The molecule has 0 aliphatic rings. The number of benzene rings is 1. The molecule has 18 heavy (non-hydrogen) atoms. The van der Waals surface area contributed by atoms with Crippen molar-refractivity contribution in [3.05, 3.63) is 40.8 Å². The van der Waals surface area contributed by atoms with Crippen LogP contribution in [0, 0.1) is 18.3 Å². The summed E-state index contributed by atoms with van der Waals surface area (Å²) in [5, 5.41) is 21.8. The molecule has 1 heterocycles. The summed E-state index contributed by atoms with van der Waals surface area (Å²) in [6.07, 6.45) is 1.34. The Morgan fingerprint density at radius 2 is 2.17 bits per heavy atom. The fraction of sp³-hybridized carbons (Fsp3) is 0.0833. The van der Waals surface area contributed by atoms with Crippen molar-refractivity contribution in [1.82, 2.24) is 9.97 Å². The van der Waals surface area contributed by atoms with Crippen LogP contribution in [-0.4, -0.2) is 15.1 Å². The van der Waals surface area contributed by atoms with Gasteiger partial charge in [0.2, 0.25) is 0 Å². The van der Waals surface area contributed by atoms with Gasteiger partial charge < -0.3 is 10.4 Å². The summed E-state index contributed by atoms with van der Waals surface area (Å²) in [4.78, 5) is 7.78. The Bertz CT molecular complexity index is 636. The normalized spacial score (nSPS) is 9.83. The molecule has 0 aliphatic carbocycles. The van der Waals surface area contributed by atoms with Crippen LogP contribution in [0.2, 0.25) is 5.02 Å². The molecule has 2 N–H and O–H groups in total. The van der Waals surface area contributed by atoms with Gasteiger partial charge in [0.15, 0.2) is 11.6 Å². The largest absolute Gasteiger partial charge is 0.503 e. The Labute approximate surface area is 109 Å². The predicted octanol–water partition coefficient (Wildman–Crippen LogP) is 2.76. The van der Waals surface area contributed by atoms with Crippen LogP contribution in [0.5, 0.6) is 5.75 Å². The maximum atomic E-state index is 9.77. The lowest BCUT2D eigenvalue weighted by Gasteiger charge is -2.09. The highest BCUT2D eigenvalue weighted by Gasteiger charge is 2.09. The third kappa shape index (κ3) is 2.34. The third-order valence-electron chi connectivity index (χ3n) is 2.36. The molecule has 0 amide bonds. The van der Waals surface area contributed by atoms with E-state index in [2.05, 4.69) is 15.3 Å². The van der Waals surface area contributed by atoms with Crippen molar-refractivity contribution >= 4 is 23.1 Å². The van der Waals surface area contributed by atoms with Crippen molar-refractivity contribution in [2.75, 3.05) is 5.32 Å². The Morgan fingerprint density at radius 1 is 1.39 bits per heavy atom. The number of nitrogens with one attached hydrogen (secondary N) is 1. The van der Waals surface area contributed by atoms with Gasteiger partial charge in [0.1, 0.15) is 6.33 Å². The van der Waals surface area contributed by atoms with Crippen molar-refractivity contribution in [2.24, 2.45) is 0 Å². The van der Waals surface area contributed by atoms with Crippen LogP contribution in [0.25, 0.3) is 0 Å². The first-order valence-electron chi connectivity index (χ1n) is 5.09. The van der Waals surface area contributed by atoms with Crippen molar-refractivity contribution in [3.63, 3.8) is 0 Å². The molecule has 0 saturated carbocycles. The molecule has 5 nitrogen and oxygen atoms in total. The first kappa shape index (κ1) is 12.1. The molecule has 1 aromatic heterocycles. The van der Waals surface area contributed by atoms with Crippen molar-refractivity contribution in [2.45, 2.75) is 6.92 Å². The molecule has 0 bridgehead atoms. The summed E-state index contributed by atoms with van der Waals surface area (Å²) < 4.78 is 0. The minimum atomic E-state index is -0.0297. The van der Waals surface area contributed by atoms with Crippen LogP contribution < -0.4 is 5.32 Å². The van der Waals surface area contributed by atoms with Crippen molar-refractivity contribution in [1.29, 1.82) is 5.26 Å². The highest BCUT2D eigenvalue weighted by atomic mass is 35.5. The number of nitriles is 1. The van der Waals surface area contributed by atoms with Crippen LogP contribution in [0.3, 0.4) is 0 Å². The number of halogens is 1. The van der Waals surface area contributed by atoms with Gasteiger partial charge in [-0.2, -0.15) is 5.26 Å². The van der Waals surface area contributed by atoms with E-state index in [4.69, 9.17) is 16.9 Å². The van der Waals surface area contributed by atoms with Gasteiger partial charge in [0, 0.05) is 0 Å². The molecule has 0 radical (unpaired) electrons. The zero-order chi connectivity index (χ0) is 13.1. The standard InChI is InChI=1S/C12H9ClN4O/c1-7-11(18)12(16-6-15-7)17-10-3-2-8(5-14)4-9(10)13/h2-4,6,18H,1H3,(H,15,16,17). The van der Waals surface area contributed by atoms with Gasteiger partial charge >= 0.3 is 0 Å². The lowest BCUT2D eigenvalue weighted by atomic mass is 10.2. The van der Waals surface area contributed by atoms with Gasteiger partial charge in [-0.1, -0.05) is 11.6 Å². The van der Waals surface area contributed by atoms with Gasteiger partial charge in [-0.15, -0.1) is 0 Å². The summed E-state index contributed by atoms with van der Waals surface area (Å²) in [5.74, 6) is 0.243. The first-order chi connectivity index (χ1) is 8.61. The molecule has 90 valence electrons. The van der Waals surface area contributed by atoms with Gasteiger partial charge in [0.25, 0.3) is 0 Å². The van der Waals surface area contributed by atoms with E-state index in [-0.39, 0.29) is 11.6 Å². The fourth-order valence-electron chi connectivity index (χ4n) is 1.37. The number of aromatic nitrogens is 2. The van der Waals surface area contributed by atoms with Crippen LogP contribution in [-0.2, 0) is 0 Å². The fourth-order valence-corrected chi connectivity index (χ4v) is 1.60. The molecule has 0 saturated heterocycles. The lowest BCUT2D eigenvalue weighted by Crippen LogP contribution is -1.97. The topological polar surface area (TPSA) is 81.8 Å². The van der Waals surface area contributed by atoms with Gasteiger partial charge in [-0.05, 0) is 25.1 Å². The van der Waals surface area contributed by atoms with E-state index in [1.807, 2.05) is 6.07 Å². The number of anilines is 2. The molecule has 2 rings (SSSR count). The highest BCUT2D eigenvalue weighted by Crippen LogP contribution is 2.30. The van der Waals surface area contributed by atoms with Crippen molar-refractivity contribution in [3.8, 4) is 11.8 Å². The zero-order valence-corrected chi connectivity index (χ0v) is 10.2. The molecule has 0 unspecified atom stereocenters. The second-order valence-corrected chi connectivity index (χ2v) is 3.99. The van der Waals surface area contributed by atoms with Crippen LogP contribution in [0.1, 0.15) is 11.3 Å². The SMILES string of the molecule is Cc1ncnc(Nc2ccc(C#N)cc2Cl)c1O. The minimum absolute atomic E-state index is 0.0297. The number of nitrogens with zero attached hydrogens (tertiary/aromatic N) is 3. The monoisotopic (exact) mass is 260 g/mol. The number of rotatable bonds is 2. The number of hydrogen-bond acceptors (Lipinski definition) is 5. The average Bonchev–Trinajstić information content (AvgIpc) is 2.37. The summed E-state index contributed by atoms with van der Waals surface area (Å²) in [6, 6.07) is 6.80. The van der Waals surface area contributed by atoms with E-state index in [0.29, 0.717) is 22.0 Å². The number of aryl methyl sites for hydroxylation is 1. The molecule has 0 spiro atoms. The zero-order valence-electron chi connectivity index (χ0n) is 9.48. The van der Waals surface area contributed by atoms with Gasteiger partial charge in [-0.3, -0.25) is 0 Å². The molecule has 0 fully saturated rings. The van der Waals surface area contributed by atoms with Gasteiger partial charge in [-0.25, -0.2) is 9.97 Å². The summed E-state index contributed by atoms with van der Waals surface area (Å²) in [6.45, 7) is 1.67. The minimum Gasteiger partial charge on any atom is -0.503 e. The third-order valence-corrected chi connectivity index (χ3v) is 2.67. The van der Waals surface area contributed by atoms with Crippen molar-refractivity contribution < 1.29 is 5.11 Å². The van der Waals surface area contributed by atoms with E-state index in [1.54, 1.807) is 19.1 Å². The molecule has 0 atom stereocenters. The van der Waals surface area contributed by atoms with Crippen LogP contribution in [0.15, 0.2) is 24.5 Å². The molecule has 0 aliphatic heterocycles. The second kappa shape index (κ2) is 4.90.